The second-order valence-corrected chi connectivity index (χ2v) is 3.48. The summed E-state index contributed by atoms with van der Waals surface area (Å²) < 4.78 is 0. The summed E-state index contributed by atoms with van der Waals surface area (Å²) in [5, 5.41) is 15.2. The molecule has 15 heavy (non-hydrogen) atoms. The van der Waals surface area contributed by atoms with Gasteiger partial charge in [-0.3, -0.25) is 0 Å². The van der Waals surface area contributed by atoms with Gasteiger partial charge in [0.05, 0.1) is 6.10 Å². The molecule has 0 fully saturated rings. The lowest BCUT2D eigenvalue weighted by atomic mass is 10.4. The molecule has 0 spiro atoms. The molecule has 0 aromatic carbocycles. The molecule has 1 rings (SSSR count). The normalized spacial score (nSPS) is 12.3. The molecule has 0 bridgehead atoms. The summed E-state index contributed by atoms with van der Waals surface area (Å²) in [5.74, 6) is 1.35. The summed E-state index contributed by atoms with van der Waals surface area (Å²) in [7, 11) is 0. The topological polar surface area (TPSA) is 70.1 Å². The van der Waals surface area contributed by atoms with Crippen molar-refractivity contribution in [2.45, 2.75) is 26.9 Å². The first-order valence-corrected chi connectivity index (χ1v) is 5.13. The van der Waals surface area contributed by atoms with Gasteiger partial charge in [0.2, 0.25) is 5.95 Å². The first-order chi connectivity index (χ1) is 7.11. The van der Waals surface area contributed by atoms with Crippen LogP contribution in [0.15, 0.2) is 6.07 Å². The van der Waals surface area contributed by atoms with E-state index in [0.717, 1.165) is 18.1 Å². The second kappa shape index (κ2) is 5.50. The predicted octanol–water partition coefficient (Wildman–Crippen LogP) is 1.01. The minimum atomic E-state index is -0.386. The molecule has 0 amide bonds. The van der Waals surface area contributed by atoms with Gasteiger partial charge in [0, 0.05) is 24.8 Å². The van der Waals surface area contributed by atoms with E-state index in [4.69, 9.17) is 5.11 Å². The van der Waals surface area contributed by atoms with Gasteiger partial charge in [0.25, 0.3) is 0 Å². The number of hydrogen-bond acceptors (Lipinski definition) is 5. The Morgan fingerprint density at radius 3 is 2.73 bits per heavy atom. The fraction of sp³-hybridized carbons (Fsp3) is 0.600. The minimum absolute atomic E-state index is 0.386. The number of aliphatic hydroxyl groups is 1. The number of rotatable bonds is 5. The number of aryl methyl sites for hydroxylation is 1. The fourth-order valence-corrected chi connectivity index (χ4v) is 1.15. The van der Waals surface area contributed by atoms with Gasteiger partial charge in [0.15, 0.2) is 0 Å². The smallest absolute Gasteiger partial charge is 0.224 e. The third-order valence-corrected chi connectivity index (χ3v) is 1.77. The maximum absolute atomic E-state index is 9.13. The highest BCUT2D eigenvalue weighted by Gasteiger charge is 2.01. The lowest BCUT2D eigenvalue weighted by Crippen LogP contribution is -2.17. The first-order valence-electron chi connectivity index (χ1n) is 5.13. The molecule has 1 aromatic rings. The molecule has 5 nitrogen and oxygen atoms in total. The van der Waals surface area contributed by atoms with Crippen LogP contribution in [-0.2, 0) is 0 Å². The highest BCUT2D eigenvalue weighted by molar-refractivity contribution is 5.42. The molecular weight excluding hydrogens is 192 g/mol. The summed E-state index contributed by atoms with van der Waals surface area (Å²) in [6.45, 7) is 6.91. The van der Waals surface area contributed by atoms with E-state index in [2.05, 4.69) is 20.6 Å². The van der Waals surface area contributed by atoms with E-state index in [0.29, 0.717) is 12.5 Å². The van der Waals surface area contributed by atoms with Crippen LogP contribution < -0.4 is 10.6 Å². The lowest BCUT2D eigenvalue weighted by Gasteiger charge is -2.10. The van der Waals surface area contributed by atoms with Crippen molar-refractivity contribution in [1.29, 1.82) is 0 Å². The fourth-order valence-electron chi connectivity index (χ4n) is 1.15. The average molecular weight is 210 g/mol. The largest absolute Gasteiger partial charge is 0.392 e. The molecule has 0 radical (unpaired) electrons. The Balaban J connectivity index is 2.70. The third-order valence-electron chi connectivity index (χ3n) is 1.77. The minimum Gasteiger partial charge on any atom is -0.392 e. The predicted molar refractivity (Wildman–Crippen MR) is 61.1 cm³/mol. The van der Waals surface area contributed by atoms with Crippen molar-refractivity contribution in [1.82, 2.24) is 9.97 Å². The Bertz CT molecular complexity index is 314. The van der Waals surface area contributed by atoms with Crippen LogP contribution in [0.5, 0.6) is 0 Å². The standard InChI is InChI=1S/C10H18N4O/c1-4-11-10-13-7(2)5-9(14-10)12-6-8(3)15/h5,8,15H,4,6H2,1-3H3,(H2,11,12,13,14). The molecule has 84 valence electrons. The molecule has 0 aliphatic heterocycles. The molecule has 1 heterocycles. The van der Waals surface area contributed by atoms with Crippen LogP contribution in [0.1, 0.15) is 19.5 Å². The van der Waals surface area contributed by atoms with E-state index in [1.807, 2.05) is 19.9 Å². The quantitative estimate of drug-likeness (QED) is 0.676. The molecule has 0 aliphatic carbocycles. The Morgan fingerprint density at radius 1 is 1.40 bits per heavy atom. The molecular formula is C10H18N4O. The first kappa shape index (κ1) is 11.7. The number of aliphatic hydroxyl groups excluding tert-OH is 1. The summed E-state index contributed by atoms with van der Waals surface area (Å²) in [6.07, 6.45) is -0.386. The molecule has 1 aromatic heterocycles. The molecule has 5 heteroatoms. The number of hydrogen-bond donors (Lipinski definition) is 3. The van der Waals surface area contributed by atoms with E-state index in [1.165, 1.54) is 0 Å². The van der Waals surface area contributed by atoms with Crippen molar-refractivity contribution in [3.8, 4) is 0 Å². The Kier molecular flexibility index (Phi) is 4.30. The van der Waals surface area contributed by atoms with Crippen molar-refractivity contribution < 1.29 is 5.11 Å². The Labute approximate surface area is 90.0 Å². The highest BCUT2D eigenvalue weighted by Crippen LogP contribution is 2.09. The zero-order valence-corrected chi connectivity index (χ0v) is 9.41. The molecule has 1 atom stereocenters. The van der Waals surface area contributed by atoms with Gasteiger partial charge in [-0.15, -0.1) is 0 Å². The van der Waals surface area contributed by atoms with Crippen LogP contribution >= 0.6 is 0 Å². The van der Waals surface area contributed by atoms with Gasteiger partial charge in [-0.1, -0.05) is 0 Å². The van der Waals surface area contributed by atoms with Gasteiger partial charge in [0.1, 0.15) is 5.82 Å². The third kappa shape index (κ3) is 4.12. The van der Waals surface area contributed by atoms with E-state index >= 15 is 0 Å². The molecule has 0 aliphatic rings. The zero-order chi connectivity index (χ0) is 11.3. The molecule has 3 N–H and O–H groups in total. The van der Waals surface area contributed by atoms with Crippen molar-refractivity contribution in [2.75, 3.05) is 23.7 Å². The summed E-state index contributed by atoms with van der Waals surface area (Å²) in [6, 6.07) is 1.85. The van der Waals surface area contributed by atoms with Gasteiger partial charge >= 0.3 is 0 Å². The van der Waals surface area contributed by atoms with Crippen molar-refractivity contribution in [2.24, 2.45) is 0 Å². The van der Waals surface area contributed by atoms with Crippen LogP contribution in [0, 0.1) is 6.92 Å². The van der Waals surface area contributed by atoms with Gasteiger partial charge < -0.3 is 15.7 Å². The highest BCUT2D eigenvalue weighted by atomic mass is 16.3. The van der Waals surface area contributed by atoms with Crippen molar-refractivity contribution in [3.05, 3.63) is 11.8 Å². The van der Waals surface area contributed by atoms with E-state index in [9.17, 15) is 0 Å². The second-order valence-electron chi connectivity index (χ2n) is 3.48. The monoisotopic (exact) mass is 210 g/mol. The van der Waals surface area contributed by atoms with Gasteiger partial charge in [-0.25, -0.2) is 4.98 Å². The Hall–Kier alpha value is -1.36. The van der Waals surface area contributed by atoms with Crippen LogP contribution in [-0.4, -0.2) is 34.3 Å². The number of nitrogens with zero attached hydrogens (tertiary/aromatic N) is 2. The summed E-state index contributed by atoms with van der Waals surface area (Å²) in [5.41, 5.74) is 0.897. The summed E-state index contributed by atoms with van der Waals surface area (Å²) in [4.78, 5) is 8.48. The van der Waals surface area contributed by atoms with E-state index in [1.54, 1.807) is 6.92 Å². The van der Waals surface area contributed by atoms with E-state index < -0.39 is 0 Å². The van der Waals surface area contributed by atoms with Crippen LogP contribution in [0.3, 0.4) is 0 Å². The number of nitrogens with one attached hydrogen (secondary N) is 2. The maximum Gasteiger partial charge on any atom is 0.224 e. The number of aromatic nitrogens is 2. The average Bonchev–Trinajstić information content (AvgIpc) is 2.14. The Morgan fingerprint density at radius 2 is 2.13 bits per heavy atom. The number of anilines is 2. The van der Waals surface area contributed by atoms with Crippen LogP contribution in [0.2, 0.25) is 0 Å². The van der Waals surface area contributed by atoms with Crippen molar-refractivity contribution in [3.63, 3.8) is 0 Å². The zero-order valence-electron chi connectivity index (χ0n) is 9.41. The molecule has 0 saturated carbocycles. The van der Waals surface area contributed by atoms with Gasteiger partial charge in [-0.2, -0.15) is 4.98 Å². The van der Waals surface area contributed by atoms with Crippen LogP contribution in [0.4, 0.5) is 11.8 Å². The maximum atomic E-state index is 9.13. The summed E-state index contributed by atoms with van der Waals surface area (Å²) >= 11 is 0. The van der Waals surface area contributed by atoms with Crippen molar-refractivity contribution >= 4 is 11.8 Å². The molecule has 1 unspecified atom stereocenters. The van der Waals surface area contributed by atoms with Gasteiger partial charge in [-0.05, 0) is 20.8 Å². The SMILES string of the molecule is CCNc1nc(C)cc(NCC(C)O)n1. The van der Waals surface area contributed by atoms with Crippen LogP contribution in [0.25, 0.3) is 0 Å². The van der Waals surface area contributed by atoms with E-state index in [-0.39, 0.29) is 6.10 Å². The lowest BCUT2D eigenvalue weighted by molar-refractivity contribution is 0.208. The molecule has 0 saturated heterocycles.